The van der Waals surface area contributed by atoms with Crippen LogP contribution >= 0.6 is 0 Å². The highest BCUT2D eigenvalue weighted by Crippen LogP contribution is 2.31. The number of benzene rings is 1. The second kappa shape index (κ2) is 5.55. The second-order valence-corrected chi connectivity index (χ2v) is 6.81. The van der Waals surface area contributed by atoms with Crippen molar-refractivity contribution >= 4 is 5.82 Å². The third-order valence-electron chi connectivity index (χ3n) is 4.31. The van der Waals surface area contributed by atoms with Crippen molar-refractivity contribution in [1.82, 2.24) is 9.55 Å². The summed E-state index contributed by atoms with van der Waals surface area (Å²) in [5, 5.41) is 0. The molecule has 0 saturated heterocycles. The van der Waals surface area contributed by atoms with E-state index in [1.807, 2.05) is 0 Å². The van der Waals surface area contributed by atoms with Crippen molar-refractivity contribution in [3.63, 3.8) is 0 Å². The number of rotatable bonds is 3. The van der Waals surface area contributed by atoms with Gasteiger partial charge in [0, 0.05) is 18.5 Å². The molecule has 112 valence electrons. The maximum Gasteiger partial charge on any atom is 0.131 e. The molecule has 3 heteroatoms. The van der Waals surface area contributed by atoms with Crippen LogP contribution in [0, 0.1) is 11.8 Å². The molecule has 1 aromatic heterocycles. The molecule has 2 N–H and O–H groups in total. The van der Waals surface area contributed by atoms with Crippen LogP contribution < -0.4 is 5.73 Å². The van der Waals surface area contributed by atoms with Gasteiger partial charge in [-0.05, 0) is 30.2 Å². The minimum atomic E-state index is 0.683. The quantitative estimate of drug-likeness (QED) is 0.928. The molecule has 0 spiro atoms. The molecule has 2 aromatic rings. The molecule has 1 unspecified atom stereocenters. The fourth-order valence-corrected chi connectivity index (χ4v) is 3.17. The first-order valence-electron chi connectivity index (χ1n) is 7.98. The van der Waals surface area contributed by atoms with Crippen LogP contribution in [0.15, 0.2) is 24.3 Å². The zero-order chi connectivity index (χ0) is 15.0. The van der Waals surface area contributed by atoms with E-state index in [2.05, 4.69) is 49.6 Å². The summed E-state index contributed by atoms with van der Waals surface area (Å²) in [5.74, 6) is 3.35. The van der Waals surface area contributed by atoms with Crippen LogP contribution in [0.3, 0.4) is 0 Å². The Hall–Kier alpha value is -1.77. The van der Waals surface area contributed by atoms with Crippen LogP contribution in [0.4, 0.5) is 5.82 Å². The van der Waals surface area contributed by atoms with Gasteiger partial charge >= 0.3 is 0 Å². The van der Waals surface area contributed by atoms with Crippen LogP contribution in [-0.2, 0) is 19.4 Å². The highest BCUT2D eigenvalue weighted by molar-refractivity contribution is 5.71. The molecule has 0 fully saturated rings. The summed E-state index contributed by atoms with van der Waals surface area (Å²) in [6.45, 7) is 7.77. The van der Waals surface area contributed by atoms with E-state index in [0.717, 1.165) is 42.3 Å². The lowest BCUT2D eigenvalue weighted by molar-refractivity contribution is 0.397. The topological polar surface area (TPSA) is 43.8 Å². The van der Waals surface area contributed by atoms with Crippen molar-refractivity contribution < 1.29 is 0 Å². The van der Waals surface area contributed by atoms with Gasteiger partial charge in [0.25, 0.3) is 0 Å². The summed E-state index contributed by atoms with van der Waals surface area (Å²) in [7, 11) is 0. The Labute approximate surface area is 127 Å². The first-order chi connectivity index (χ1) is 10.0. The number of nitrogens with two attached hydrogens (primary N) is 1. The van der Waals surface area contributed by atoms with Gasteiger partial charge < -0.3 is 10.3 Å². The van der Waals surface area contributed by atoms with Gasteiger partial charge in [-0.1, -0.05) is 45.0 Å². The monoisotopic (exact) mass is 283 g/mol. The molecule has 0 saturated carbocycles. The third kappa shape index (κ3) is 2.82. The summed E-state index contributed by atoms with van der Waals surface area (Å²) >= 11 is 0. The molecule has 0 radical (unpaired) electrons. The minimum absolute atomic E-state index is 0.683. The highest BCUT2D eigenvalue weighted by Gasteiger charge is 2.21. The predicted molar refractivity (Wildman–Crippen MR) is 88.1 cm³/mol. The van der Waals surface area contributed by atoms with Crippen LogP contribution in [0.5, 0.6) is 0 Å². The van der Waals surface area contributed by atoms with Crippen LogP contribution in [0.1, 0.15) is 38.6 Å². The molecule has 1 aliphatic rings. The van der Waals surface area contributed by atoms with Gasteiger partial charge in [0.05, 0.1) is 0 Å². The van der Waals surface area contributed by atoms with Crippen LogP contribution in [0.2, 0.25) is 0 Å². The minimum Gasteiger partial charge on any atom is -0.383 e. The van der Waals surface area contributed by atoms with E-state index in [9.17, 15) is 0 Å². The van der Waals surface area contributed by atoms with Crippen molar-refractivity contribution in [2.75, 3.05) is 5.73 Å². The molecule has 0 aliphatic carbocycles. The number of aromatic nitrogens is 2. The van der Waals surface area contributed by atoms with Gasteiger partial charge in [-0.3, -0.25) is 0 Å². The van der Waals surface area contributed by atoms with Crippen molar-refractivity contribution in [3.8, 4) is 11.3 Å². The van der Waals surface area contributed by atoms with E-state index in [0.29, 0.717) is 11.8 Å². The number of hydrogen-bond acceptors (Lipinski definition) is 2. The van der Waals surface area contributed by atoms with E-state index in [4.69, 9.17) is 10.7 Å². The van der Waals surface area contributed by atoms with Crippen LogP contribution in [-0.4, -0.2) is 9.55 Å². The molecular weight excluding hydrogens is 258 g/mol. The maximum absolute atomic E-state index is 6.34. The average molecular weight is 283 g/mol. The van der Waals surface area contributed by atoms with E-state index in [1.165, 1.54) is 12.0 Å². The fraction of sp³-hybridized carbons (Fsp3) is 0.500. The number of aryl methyl sites for hydroxylation is 1. The van der Waals surface area contributed by atoms with E-state index < -0.39 is 0 Å². The Morgan fingerprint density at radius 1 is 1.29 bits per heavy atom. The summed E-state index contributed by atoms with van der Waals surface area (Å²) in [6.07, 6.45) is 3.37. The third-order valence-corrected chi connectivity index (χ3v) is 4.31. The molecule has 1 aliphatic heterocycles. The standard InChI is InChI=1S/C18H25N3/c1-12(2)10-14-5-7-15(8-6-14)17-18(19)21-11-13(3)4-9-16(21)20-17/h5-8,12-13H,4,9-11,19H2,1-3H3. The number of imidazole rings is 1. The zero-order valence-electron chi connectivity index (χ0n) is 13.3. The van der Waals surface area contributed by atoms with Gasteiger partial charge in [-0.25, -0.2) is 4.98 Å². The first-order valence-corrected chi connectivity index (χ1v) is 7.98. The first kappa shape index (κ1) is 14.2. The molecule has 1 atom stereocenters. The van der Waals surface area contributed by atoms with Crippen molar-refractivity contribution in [2.45, 2.75) is 46.6 Å². The Balaban J connectivity index is 1.90. The van der Waals surface area contributed by atoms with Crippen molar-refractivity contribution in [2.24, 2.45) is 11.8 Å². The van der Waals surface area contributed by atoms with E-state index in [1.54, 1.807) is 0 Å². The molecule has 1 aromatic carbocycles. The summed E-state index contributed by atoms with van der Waals surface area (Å²) < 4.78 is 2.20. The molecule has 3 rings (SSSR count). The van der Waals surface area contributed by atoms with Crippen molar-refractivity contribution in [3.05, 3.63) is 35.7 Å². The molecule has 0 bridgehead atoms. The zero-order valence-corrected chi connectivity index (χ0v) is 13.3. The Bertz CT molecular complexity index is 623. The Kier molecular flexibility index (Phi) is 3.75. The number of fused-ring (bicyclic) bond motifs is 1. The lowest BCUT2D eigenvalue weighted by Gasteiger charge is -2.20. The molecular formula is C18H25N3. The largest absolute Gasteiger partial charge is 0.383 e. The van der Waals surface area contributed by atoms with Gasteiger partial charge in [0.2, 0.25) is 0 Å². The van der Waals surface area contributed by atoms with E-state index in [-0.39, 0.29) is 0 Å². The molecule has 2 heterocycles. The maximum atomic E-state index is 6.34. The molecule has 0 amide bonds. The molecule has 3 nitrogen and oxygen atoms in total. The van der Waals surface area contributed by atoms with Gasteiger partial charge in [-0.15, -0.1) is 0 Å². The number of anilines is 1. The predicted octanol–water partition coefficient (Wildman–Crippen LogP) is 3.91. The normalized spacial score (nSPS) is 18.0. The van der Waals surface area contributed by atoms with Gasteiger partial charge in [-0.2, -0.15) is 0 Å². The van der Waals surface area contributed by atoms with Gasteiger partial charge in [0.15, 0.2) is 0 Å². The highest BCUT2D eigenvalue weighted by atomic mass is 15.1. The number of nitrogen functional groups attached to an aromatic ring is 1. The number of hydrogen-bond donors (Lipinski definition) is 1. The lowest BCUT2D eigenvalue weighted by Crippen LogP contribution is -2.19. The average Bonchev–Trinajstić information content (AvgIpc) is 2.76. The Morgan fingerprint density at radius 2 is 2.00 bits per heavy atom. The van der Waals surface area contributed by atoms with Crippen molar-refractivity contribution in [1.29, 1.82) is 0 Å². The number of nitrogens with zero attached hydrogens (tertiary/aromatic N) is 2. The Morgan fingerprint density at radius 3 is 2.67 bits per heavy atom. The van der Waals surface area contributed by atoms with E-state index >= 15 is 0 Å². The van der Waals surface area contributed by atoms with Crippen LogP contribution in [0.25, 0.3) is 11.3 Å². The summed E-state index contributed by atoms with van der Waals surface area (Å²) in [6, 6.07) is 8.73. The SMILES string of the molecule is CC(C)Cc1ccc(-c2nc3n(c2N)CC(C)CC3)cc1. The molecule has 21 heavy (non-hydrogen) atoms. The van der Waals surface area contributed by atoms with Gasteiger partial charge in [0.1, 0.15) is 17.3 Å². The second-order valence-electron chi connectivity index (χ2n) is 6.81. The lowest BCUT2D eigenvalue weighted by atomic mass is 10.0. The fourth-order valence-electron chi connectivity index (χ4n) is 3.17. The summed E-state index contributed by atoms with van der Waals surface area (Å²) in [5.41, 5.74) is 9.80. The smallest absolute Gasteiger partial charge is 0.131 e. The summed E-state index contributed by atoms with van der Waals surface area (Å²) in [4.78, 5) is 4.78.